The molecule has 2 aliphatic rings. The van der Waals surface area contributed by atoms with Gasteiger partial charge in [-0.05, 0) is 12.8 Å². The molecular formula is C10H16. The molecule has 0 aromatic carbocycles. The molecule has 1 spiro atoms. The molecule has 0 heterocycles. The molecule has 0 atom stereocenters. The van der Waals surface area contributed by atoms with Gasteiger partial charge in [-0.25, -0.2) is 0 Å². The molecule has 0 aromatic rings. The summed E-state index contributed by atoms with van der Waals surface area (Å²) in [5.41, 5.74) is 0.653. The van der Waals surface area contributed by atoms with Gasteiger partial charge in [0.1, 0.15) is 0 Å². The quantitative estimate of drug-likeness (QED) is 0.448. The highest BCUT2D eigenvalue weighted by molar-refractivity contribution is 5.25. The maximum absolute atomic E-state index is 2.42. The van der Waals surface area contributed by atoms with E-state index in [-0.39, 0.29) is 0 Å². The molecule has 2 aliphatic carbocycles. The molecule has 0 amide bonds. The van der Waals surface area contributed by atoms with Crippen LogP contribution in [0.2, 0.25) is 0 Å². The van der Waals surface area contributed by atoms with Crippen molar-refractivity contribution in [2.24, 2.45) is 5.41 Å². The summed E-state index contributed by atoms with van der Waals surface area (Å²) in [5.74, 6) is 0. The highest BCUT2D eigenvalue weighted by Crippen LogP contribution is 2.45. The Morgan fingerprint density at radius 1 is 0.700 bits per heavy atom. The summed E-state index contributed by atoms with van der Waals surface area (Å²) < 4.78 is 0. The molecule has 0 saturated heterocycles. The van der Waals surface area contributed by atoms with E-state index in [0.29, 0.717) is 5.41 Å². The molecule has 0 aromatic heterocycles. The van der Waals surface area contributed by atoms with E-state index >= 15 is 0 Å². The second-order valence-electron chi connectivity index (χ2n) is 3.83. The van der Waals surface area contributed by atoms with Crippen molar-refractivity contribution in [3.63, 3.8) is 0 Å². The summed E-state index contributed by atoms with van der Waals surface area (Å²) in [7, 11) is 0. The van der Waals surface area contributed by atoms with Gasteiger partial charge in [0, 0.05) is 5.41 Å². The summed E-state index contributed by atoms with van der Waals surface area (Å²) in [6.45, 7) is 0. The van der Waals surface area contributed by atoms with Crippen molar-refractivity contribution in [2.45, 2.75) is 44.9 Å². The Kier molecular flexibility index (Phi) is 1.55. The van der Waals surface area contributed by atoms with E-state index < -0.39 is 0 Å². The molecule has 0 radical (unpaired) electrons. The lowest BCUT2D eigenvalue weighted by atomic mass is 9.87. The minimum absolute atomic E-state index is 0.653. The number of allylic oxidation sites excluding steroid dienone is 2. The normalized spacial score (nSPS) is 29.6. The van der Waals surface area contributed by atoms with Crippen molar-refractivity contribution in [3.8, 4) is 0 Å². The maximum Gasteiger partial charge on any atom is 0.00615 e. The molecule has 0 unspecified atom stereocenters. The number of rotatable bonds is 0. The second-order valence-corrected chi connectivity index (χ2v) is 3.83. The Balaban J connectivity index is 1.85. The molecule has 0 bridgehead atoms. The Morgan fingerprint density at radius 2 is 1.20 bits per heavy atom. The van der Waals surface area contributed by atoms with E-state index in [1.807, 2.05) is 0 Å². The highest BCUT2D eigenvalue weighted by Gasteiger charge is 2.32. The van der Waals surface area contributed by atoms with E-state index in [1.54, 1.807) is 0 Å². The number of hydrogen-bond donors (Lipinski definition) is 0. The van der Waals surface area contributed by atoms with Crippen LogP contribution in [0.25, 0.3) is 0 Å². The SMILES string of the molecule is C1=CC12CCCCCCC2. The molecular weight excluding hydrogens is 120 g/mol. The van der Waals surface area contributed by atoms with Crippen molar-refractivity contribution in [2.75, 3.05) is 0 Å². The van der Waals surface area contributed by atoms with Crippen molar-refractivity contribution in [1.82, 2.24) is 0 Å². The van der Waals surface area contributed by atoms with Gasteiger partial charge in [-0.3, -0.25) is 0 Å². The summed E-state index contributed by atoms with van der Waals surface area (Å²) >= 11 is 0. The standard InChI is InChI=1S/C10H16/c1-2-4-6-10(8-9-10)7-5-3-1/h8-9H,1-7H2. The average molecular weight is 136 g/mol. The van der Waals surface area contributed by atoms with Crippen LogP contribution in [0.4, 0.5) is 0 Å². The van der Waals surface area contributed by atoms with Gasteiger partial charge >= 0.3 is 0 Å². The minimum atomic E-state index is 0.653. The van der Waals surface area contributed by atoms with Crippen molar-refractivity contribution >= 4 is 0 Å². The molecule has 1 fully saturated rings. The third-order valence-corrected chi connectivity index (χ3v) is 2.92. The predicted molar refractivity (Wildman–Crippen MR) is 43.9 cm³/mol. The lowest BCUT2D eigenvalue weighted by molar-refractivity contribution is 0.392. The summed E-state index contributed by atoms with van der Waals surface area (Å²) in [5, 5.41) is 0. The molecule has 56 valence electrons. The zero-order valence-electron chi connectivity index (χ0n) is 6.60. The Bertz CT molecular complexity index is 128. The monoisotopic (exact) mass is 136 g/mol. The smallest absolute Gasteiger partial charge is 0.00615 e. The first kappa shape index (κ1) is 6.45. The van der Waals surface area contributed by atoms with Crippen LogP contribution in [-0.4, -0.2) is 0 Å². The van der Waals surface area contributed by atoms with Crippen LogP contribution in [0.1, 0.15) is 44.9 Å². The van der Waals surface area contributed by atoms with Crippen molar-refractivity contribution in [1.29, 1.82) is 0 Å². The fourth-order valence-electron chi connectivity index (χ4n) is 2.01. The third-order valence-electron chi connectivity index (χ3n) is 2.92. The number of hydrogen-bond acceptors (Lipinski definition) is 0. The molecule has 2 rings (SSSR count). The van der Waals surface area contributed by atoms with Crippen LogP contribution >= 0.6 is 0 Å². The van der Waals surface area contributed by atoms with Gasteiger partial charge in [0.25, 0.3) is 0 Å². The van der Waals surface area contributed by atoms with Crippen LogP contribution in [0.3, 0.4) is 0 Å². The Hall–Kier alpha value is -0.260. The predicted octanol–water partition coefficient (Wildman–Crippen LogP) is 3.29. The van der Waals surface area contributed by atoms with Crippen LogP contribution in [0, 0.1) is 5.41 Å². The van der Waals surface area contributed by atoms with E-state index in [4.69, 9.17) is 0 Å². The first-order valence-electron chi connectivity index (χ1n) is 4.62. The zero-order valence-corrected chi connectivity index (χ0v) is 6.60. The highest BCUT2D eigenvalue weighted by atomic mass is 14.4. The Morgan fingerprint density at radius 3 is 1.70 bits per heavy atom. The van der Waals surface area contributed by atoms with E-state index in [0.717, 1.165) is 0 Å². The van der Waals surface area contributed by atoms with Gasteiger partial charge in [0.05, 0.1) is 0 Å². The van der Waals surface area contributed by atoms with Crippen LogP contribution in [0.5, 0.6) is 0 Å². The van der Waals surface area contributed by atoms with Gasteiger partial charge in [0.2, 0.25) is 0 Å². The van der Waals surface area contributed by atoms with Gasteiger partial charge in [-0.15, -0.1) is 0 Å². The molecule has 0 heteroatoms. The Labute approximate surface area is 63.3 Å². The first-order chi connectivity index (χ1) is 4.91. The van der Waals surface area contributed by atoms with Crippen LogP contribution in [0.15, 0.2) is 12.2 Å². The average Bonchev–Trinajstić information content (AvgIpc) is 2.61. The second kappa shape index (κ2) is 2.41. The van der Waals surface area contributed by atoms with Crippen LogP contribution < -0.4 is 0 Å². The van der Waals surface area contributed by atoms with Crippen LogP contribution in [-0.2, 0) is 0 Å². The van der Waals surface area contributed by atoms with Gasteiger partial charge in [-0.1, -0.05) is 44.3 Å². The summed E-state index contributed by atoms with van der Waals surface area (Å²) in [6, 6.07) is 0. The zero-order chi connectivity index (χ0) is 6.86. The fraction of sp³-hybridized carbons (Fsp3) is 0.800. The summed E-state index contributed by atoms with van der Waals surface area (Å²) in [6.07, 6.45) is 15.1. The molecule has 1 saturated carbocycles. The summed E-state index contributed by atoms with van der Waals surface area (Å²) in [4.78, 5) is 0. The van der Waals surface area contributed by atoms with E-state index in [9.17, 15) is 0 Å². The third kappa shape index (κ3) is 1.25. The molecule has 0 nitrogen and oxygen atoms in total. The lowest BCUT2D eigenvalue weighted by Gasteiger charge is -2.18. The van der Waals surface area contributed by atoms with Gasteiger partial charge in [0.15, 0.2) is 0 Å². The van der Waals surface area contributed by atoms with Gasteiger partial charge < -0.3 is 0 Å². The van der Waals surface area contributed by atoms with E-state index in [1.165, 1.54) is 44.9 Å². The van der Waals surface area contributed by atoms with E-state index in [2.05, 4.69) is 12.2 Å². The maximum atomic E-state index is 2.42. The molecule has 10 heavy (non-hydrogen) atoms. The van der Waals surface area contributed by atoms with Gasteiger partial charge in [-0.2, -0.15) is 0 Å². The lowest BCUT2D eigenvalue weighted by Crippen LogP contribution is -2.04. The minimum Gasteiger partial charge on any atom is -0.0777 e. The van der Waals surface area contributed by atoms with Crippen molar-refractivity contribution in [3.05, 3.63) is 12.2 Å². The molecule has 0 N–H and O–H groups in total. The fourth-order valence-corrected chi connectivity index (χ4v) is 2.01. The largest absolute Gasteiger partial charge is 0.0777 e. The molecule has 0 aliphatic heterocycles. The first-order valence-corrected chi connectivity index (χ1v) is 4.62. The van der Waals surface area contributed by atoms with Crippen molar-refractivity contribution < 1.29 is 0 Å². The topological polar surface area (TPSA) is 0 Å².